The molecule has 1 heterocycles. The van der Waals surface area contributed by atoms with Crippen LogP contribution in [-0.4, -0.2) is 54.1 Å². The molecule has 0 spiro atoms. The number of urea groups is 1. The second-order valence-electron chi connectivity index (χ2n) is 5.98. The molecule has 1 fully saturated rings. The topological polar surface area (TPSA) is 98.7 Å². The summed E-state index contributed by atoms with van der Waals surface area (Å²) in [6.45, 7) is 1.47. The molecule has 0 saturated carbocycles. The van der Waals surface area contributed by atoms with Gasteiger partial charge in [-0.15, -0.1) is 0 Å². The van der Waals surface area contributed by atoms with E-state index in [1.807, 2.05) is 0 Å². The highest BCUT2D eigenvalue weighted by Crippen LogP contribution is 2.16. The molecular weight excluding hydrogens is 329 g/mol. The number of aliphatic carboxylic acids is 1. The number of hydrogen-bond donors (Lipinski definition) is 3. The van der Waals surface area contributed by atoms with Crippen LogP contribution in [0.2, 0.25) is 0 Å². The Balaban J connectivity index is 1.65. The maximum absolute atomic E-state index is 13.0. The lowest BCUT2D eigenvalue weighted by Gasteiger charge is -2.30. The average molecular weight is 351 g/mol. The Labute approximate surface area is 145 Å². The molecule has 25 heavy (non-hydrogen) atoms. The number of nitrogens with one attached hydrogen (secondary N) is 2. The highest BCUT2D eigenvalue weighted by molar-refractivity contribution is 5.94. The van der Waals surface area contributed by atoms with Gasteiger partial charge in [-0.1, -0.05) is 6.07 Å². The first-order valence-electron chi connectivity index (χ1n) is 8.26. The second-order valence-corrected chi connectivity index (χ2v) is 5.98. The number of likely N-dealkylation sites (tertiary alicyclic amines) is 1. The van der Waals surface area contributed by atoms with Gasteiger partial charge in [-0.2, -0.15) is 0 Å². The summed E-state index contributed by atoms with van der Waals surface area (Å²) < 4.78 is 13.0. The first-order valence-corrected chi connectivity index (χ1v) is 8.26. The summed E-state index contributed by atoms with van der Waals surface area (Å²) in [5, 5.41) is 14.4. The fourth-order valence-corrected chi connectivity index (χ4v) is 2.69. The van der Waals surface area contributed by atoms with Gasteiger partial charge in [0.25, 0.3) is 5.91 Å². The molecule has 0 bridgehead atoms. The van der Waals surface area contributed by atoms with Crippen LogP contribution < -0.4 is 10.6 Å². The van der Waals surface area contributed by atoms with Crippen molar-refractivity contribution in [1.29, 1.82) is 0 Å². The third-order valence-electron chi connectivity index (χ3n) is 4.06. The lowest BCUT2D eigenvalue weighted by atomic mass is 9.99. The number of hydrogen-bond acceptors (Lipinski definition) is 3. The summed E-state index contributed by atoms with van der Waals surface area (Å²) in [6, 6.07) is 5.12. The Bertz CT molecular complexity index is 638. The first kappa shape index (κ1) is 18.7. The monoisotopic (exact) mass is 351 g/mol. The van der Waals surface area contributed by atoms with E-state index in [1.54, 1.807) is 0 Å². The van der Waals surface area contributed by atoms with Crippen LogP contribution in [0.25, 0.3) is 0 Å². The summed E-state index contributed by atoms with van der Waals surface area (Å²) in [5.41, 5.74) is 0.247. The highest BCUT2D eigenvalue weighted by atomic mass is 19.1. The molecule has 1 saturated heterocycles. The van der Waals surface area contributed by atoms with Crippen molar-refractivity contribution in [3.05, 3.63) is 35.6 Å². The van der Waals surface area contributed by atoms with Gasteiger partial charge in [0.15, 0.2) is 0 Å². The van der Waals surface area contributed by atoms with Crippen molar-refractivity contribution in [3.8, 4) is 0 Å². The summed E-state index contributed by atoms with van der Waals surface area (Å²) >= 11 is 0. The van der Waals surface area contributed by atoms with Crippen molar-refractivity contribution in [3.63, 3.8) is 0 Å². The first-order chi connectivity index (χ1) is 12.0. The largest absolute Gasteiger partial charge is 0.481 e. The number of piperidine rings is 1. The summed E-state index contributed by atoms with van der Waals surface area (Å²) in [5.74, 6) is -2.23. The molecule has 3 N–H and O–H groups in total. The van der Waals surface area contributed by atoms with Gasteiger partial charge in [-0.05, 0) is 37.5 Å². The maximum Gasteiger partial charge on any atom is 0.317 e. The van der Waals surface area contributed by atoms with Gasteiger partial charge in [0, 0.05) is 31.7 Å². The van der Waals surface area contributed by atoms with Crippen LogP contribution in [-0.2, 0) is 4.79 Å². The number of carboxylic acids is 1. The van der Waals surface area contributed by atoms with Gasteiger partial charge < -0.3 is 20.6 Å². The molecule has 0 aromatic heterocycles. The molecule has 0 aliphatic carbocycles. The summed E-state index contributed by atoms with van der Waals surface area (Å²) in [6.07, 6.45) is 1.78. The van der Waals surface area contributed by atoms with E-state index in [0.717, 1.165) is 6.07 Å². The minimum Gasteiger partial charge on any atom is -0.481 e. The third-order valence-corrected chi connectivity index (χ3v) is 4.06. The molecule has 1 atom stereocenters. The van der Waals surface area contributed by atoms with Crippen molar-refractivity contribution < 1.29 is 23.9 Å². The summed E-state index contributed by atoms with van der Waals surface area (Å²) in [4.78, 5) is 36.3. The molecular formula is C17H22FN3O4. The normalized spacial score (nSPS) is 17.0. The molecule has 1 aliphatic rings. The molecule has 0 radical (unpaired) electrons. The van der Waals surface area contributed by atoms with E-state index in [-0.39, 0.29) is 24.0 Å². The number of halogens is 1. The molecule has 8 heteroatoms. The van der Waals surface area contributed by atoms with Crippen LogP contribution in [0.1, 0.15) is 29.6 Å². The van der Waals surface area contributed by atoms with Gasteiger partial charge in [0.05, 0.1) is 5.92 Å². The lowest BCUT2D eigenvalue weighted by Crippen LogP contribution is -2.47. The molecule has 3 amide bonds. The Kier molecular flexibility index (Phi) is 6.73. The molecule has 7 nitrogen and oxygen atoms in total. The molecule has 2 rings (SSSR count). The number of carbonyl (C=O) groups is 3. The van der Waals surface area contributed by atoms with Gasteiger partial charge >= 0.3 is 12.0 Å². The number of benzene rings is 1. The van der Waals surface area contributed by atoms with Gasteiger partial charge in [0.2, 0.25) is 0 Å². The maximum atomic E-state index is 13.0. The van der Waals surface area contributed by atoms with Gasteiger partial charge in [-0.3, -0.25) is 9.59 Å². The standard InChI is InChI=1S/C17H22FN3O4/c18-14-6-1-4-12(10-14)15(22)19-7-3-8-20-17(25)21-9-2-5-13(11-21)16(23)24/h1,4,6,10,13H,2-3,5,7-9,11H2,(H,19,22)(H,20,25)(H,23,24). The Morgan fingerprint density at radius 3 is 2.72 bits per heavy atom. The van der Waals surface area contributed by atoms with Crippen LogP contribution in [0.15, 0.2) is 24.3 Å². The second kappa shape index (κ2) is 9.00. The molecule has 1 unspecified atom stereocenters. The predicted octanol–water partition coefficient (Wildman–Crippen LogP) is 1.45. The Morgan fingerprint density at radius 1 is 1.24 bits per heavy atom. The number of carboxylic acid groups (broad SMARTS) is 1. The van der Waals surface area contributed by atoms with E-state index >= 15 is 0 Å². The molecule has 1 aromatic rings. The van der Waals surface area contributed by atoms with Crippen LogP contribution >= 0.6 is 0 Å². The summed E-state index contributed by atoms with van der Waals surface area (Å²) in [7, 11) is 0. The van der Waals surface area contributed by atoms with E-state index < -0.39 is 17.7 Å². The fourth-order valence-electron chi connectivity index (χ4n) is 2.69. The van der Waals surface area contributed by atoms with Crippen LogP contribution in [0.5, 0.6) is 0 Å². The average Bonchev–Trinajstić information content (AvgIpc) is 2.61. The van der Waals surface area contributed by atoms with Crippen molar-refractivity contribution in [1.82, 2.24) is 15.5 Å². The molecule has 1 aliphatic heterocycles. The Hall–Kier alpha value is -2.64. The van der Waals surface area contributed by atoms with Crippen molar-refractivity contribution in [2.75, 3.05) is 26.2 Å². The number of nitrogens with zero attached hydrogens (tertiary/aromatic N) is 1. The van der Waals surface area contributed by atoms with E-state index in [2.05, 4.69) is 10.6 Å². The highest BCUT2D eigenvalue weighted by Gasteiger charge is 2.27. The minimum absolute atomic E-state index is 0.220. The number of carbonyl (C=O) groups excluding carboxylic acids is 2. The van der Waals surface area contributed by atoms with Crippen molar-refractivity contribution in [2.45, 2.75) is 19.3 Å². The van der Waals surface area contributed by atoms with E-state index in [4.69, 9.17) is 5.11 Å². The number of rotatable bonds is 6. The SMILES string of the molecule is O=C(NCCCNC(=O)N1CCCC(C(=O)O)C1)c1cccc(F)c1. The smallest absolute Gasteiger partial charge is 0.317 e. The zero-order valence-electron chi connectivity index (χ0n) is 13.8. The fraction of sp³-hybridized carbons (Fsp3) is 0.471. The van der Waals surface area contributed by atoms with Crippen molar-refractivity contribution >= 4 is 17.9 Å². The number of amides is 3. The quantitative estimate of drug-likeness (QED) is 0.676. The van der Waals surface area contributed by atoms with Gasteiger partial charge in [-0.25, -0.2) is 9.18 Å². The predicted molar refractivity (Wildman–Crippen MR) is 88.7 cm³/mol. The van der Waals surface area contributed by atoms with E-state index in [9.17, 15) is 18.8 Å². The third kappa shape index (κ3) is 5.74. The van der Waals surface area contributed by atoms with Crippen LogP contribution in [0.3, 0.4) is 0 Å². The molecule has 1 aromatic carbocycles. The van der Waals surface area contributed by atoms with Crippen LogP contribution in [0.4, 0.5) is 9.18 Å². The lowest BCUT2D eigenvalue weighted by molar-refractivity contribution is -0.143. The zero-order chi connectivity index (χ0) is 18.2. The van der Waals surface area contributed by atoms with E-state index in [0.29, 0.717) is 38.9 Å². The van der Waals surface area contributed by atoms with Crippen molar-refractivity contribution in [2.24, 2.45) is 5.92 Å². The molecule has 136 valence electrons. The minimum atomic E-state index is -0.877. The Morgan fingerprint density at radius 2 is 2.00 bits per heavy atom. The van der Waals surface area contributed by atoms with Crippen LogP contribution in [0, 0.1) is 11.7 Å². The van der Waals surface area contributed by atoms with Gasteiger partial charge in [0.1, 0.15) is 5.82 Å². The zero-order valence-corrected chi connectivity index (χ0v) is 13.8. The van der Waals surface area contributed by atoms with E-state index in [1.165, 1.54) is 23.1 Å².